The smallest absolute Gasteiger partial charge is 0.412 e. The number of carbonyl (C=O) groups is 3. The summed E-state index contributed by atoms with van der Waals surface area (Å²) in [7, 11) is 0. The van der Waals surface area contributed by atoms with Crippen LogP contribution in [0.1, 0.15) is 92.9 Å². The van der Waals surface area contributed by atoms with E-state index in [0.717, 1.165) is 66.8 Å². The van der Waals surface area contributed by atoms with Gasteiger partial charge in [-0.15, -0.1) is 24.8 Å². The fraction of sp³-hybridized carbons (Fsp3) is 0.291. The van der Waals surface area contributed by atoms with E-state index in [9.17, 15) is 23.2 Å². The molecule has 2 saturated carbocycles. The molecule has 0 bridgehead atoms. The largest absolute Gasteiger partial charge is 0.444 e. The Bertz CT molecular complexity index is 3240. The molecular weight excluding hydrogens is 1000 g/mol. The Balaban J connectivity index is 0.000000216. The van der Waals surface area contributed by atoms with Crippen LogP contribution in [0.2, 0.25) is 0 Å². The molecule has 10 rings (SSSR count). The summed E-state index contributed by atoms with van der Waals surface area (Å²) in [6, 6.07) is 29.1. The van der Waals surface area contributed by atoms with Crippen molar-refractivity contribution in [1.82, 2.24) is 40.5 Å². The predicted molar refractivity (Wildman–Crippen MR) is 294 cm³/mol. The molecule has 16 nitrogen and oxygen atoms in total. The Kier molecular flexibility index (Phi) is 17.9. The molecule has 4 aromatic carbocycles. The zero-order valence-electron chi connectivity index (χ0n) is 41.6. The van der Waals surface area contributed by atoms with E-state index in [1.807, 2.05) is 48.5 Å². The van der Waals surface area contributed by atoms with Crippen LogP contribution in [0, 0.1) is 11.6 Å². The molecule has 20 heteroatoms. The summed E-state index contributed by atoms with van der Waals surface area (Å²) >= 11 is 0. The number of nitrogen functional groups attached to an aromatic ring is 1. The van der Waals surface area contributed by atoms with Gasteiger partial charge in [0, 0.05) is 92.0 Å². The van der Waals surface area contributed by atoms with Crippen molar-refractivity contribution in [1.29, 1.82) is 0 Å². The summed E-state index contributed by atoms with van der Waals surface area (Å²) in [4.78, 5) is 61.1. The number of para-hydroxylation sites is 2. The molecule has 2 aliphatic carbocycles. The Morgan fingerprint density at radius 3 is 1.49 bits per heavy atom. The van der Waals surface area contributed by atoms with E-state index in [-0.39, 0.29) is 72.2 Å². The maximum atomic E-state index is 14.7. The van der Waals surface area contributed by atoms with E-state index >= 15 is 0 Å². The highest BCUT2D eigenvalue weighted by Crippen LogP contribution is 2.32. The molecule has 4 heterocycles. The van der Waals surface area contributed by atoms with Gasteiger partial charge in [-0.25, -0.2) is 33.5 Å². The summed E-state index contributed by atoms with van der Waals surface area (Å²) in [6.07, 6.45) is 12.2. The highest BCUT2D eigenvalue weighted by atomic mass is 35.5. The lowest BCUT2D eigenvalue weighted by Gasteiger charge is -2.30. The van der Waals surface area contributed by atoms with E-state index in [2.05, 4.69) is 56.5 Å². The van der Waals surface area contributed by atoms with Crippen LogP contribution in [-0.4, -0.2) is 77.6 Å². The molecule has 0 spiro atoms. The van der Waals surface area contributed by atoms with E-state index in [1.165, 1.54) is 12.4 Å². The number of benzene rings is 4. The van der Waals surface area contributed by atoms with E-state index in [4.69, 9.17) is 10.5 Å². The molecule has 4 atom stereocenters. The number of anilines is 4. The van der Waals surface area contributed by atoms with Crippen LogP contribution < -0.4 is 32.3 Å². The molecule has 8 aromatic rings. The van der Waals surface area contributed by atoms with Gasteiger partial charge in [-0.2, -0.15) is 0 Å². The van der Waals surface area contributed by atoms with Gasteiger partial charge in [-0.1, -0.05) is 36.4 Å². The van der Waals surface area contributed by atoms with Crippen molar-refractivity contribution in [2.45, 2.75) is 102 Å². The van der Waals surface area contributed by atoms with Gasteiger partial charge in [0.25, 0.3) is 11.8 Å². The van der Waals surface area contributed by atoms with Gasteiger partial charge in [0.05, 0.1) is 12.4 Å². The van der Waals surface area contributed by atoms with Gasteiger partial charge in [0.2, 0.25) is 11.9 Å². The molecule has 3 amide bonds. The zero-order chi connectivity index (χ0) is 51.1. The fourth-order valence-electron chi connectivity index (χ4n) is 9.35. The van der Waals surface area contributed by atoms with Gasteiger partial charge in [-0.3, -0.25) is 14.9 Å². The SMILES string of the molecule is CC(C)(C)OC(=O)Nc1ccc(C(=O)N[C@H]2CCC[C@@H](Nc3ncc(F)c(-c4c[nH]c5ccccc45)n3)C2)cc1.Cl.Cl.Nc1ccc(C(=O)N[C@H]2CCC[C@@H](Nc3ncc(F)c(-c4c[nH]c5ccccc45)n3)C2)cc1. The number of amides is 3. The Labute approximate surface area is 445 Å². The van der Waals surface area contributed by atoms with E-state index in [1.54, 1.807) is 81.7 Å². The van der Waals surface area contributed by atoms with Gasteiger partial charge in [0.1, 0.15) is 17.0 Å². The molecule has 9 N–H and O–H groups in total. The van der Waals surface area contributed by atoms with Crippen molar-refractivity contribution in [3.63, 3.8) is 0 Å². The van der Waals surface area contributed by atoms with Crippen LogP contribution in [-0.2, 0) is 4.74 Å². The Morgan fingerprint density at radius 2 is 1.04 bits per heavy atom. The molecule has 0 aliphatic heterocycles. The number of H-pyrrole nitrogens is 2. The minimum absolute atomic E-state index is 0. The maximum absolute atomic E-state index is 14.7. The average Bonchev–Trinajstić information content (AvgIpc) is 4.01. The molecule has 0 unspecified atom stereocenters. The monoisotopic (exact) mass is 1060 g/mol. The number of aromatic amines is 2. The van der Waals surface area contributed by atoms with Crippen molar-refractivity contribution >= 4 is 87.8 Å². The lowest BCUT2D eigenvalue weighted by molar-refractivity contribution is 0.0635. The number of rotatable bonds is 11. The number of ether oxygens (including phenoxy) is 1. The molecule has 392 valence electrons. The molecular formula is C55H60Cl2F2N12O4. The summed E-state index contributed by atoms with van der Waals surface area (Å²) < 4.78 is 34.6. The lowest BCUT2D eigenvalue weighted by Crippen LogP contribution is -2.42. The van der Waals surface area contributed by atoms with Crippen molar-refractivity contribution in [3.05, 3.63) is 145 Å². The molecule has 0 saturated heterocycles. The van der Waals surface area contributed by atoms with Crippen LogP contribution in [0.15, 0.2) is 122 Å². The second kappa shape index (κ2) is 24.5. The number of halogens is 4. The quantitative estimate of drug-likeness (QED) is 0.0568. The standard InChI is InChI=1S/C30H33FN6O3.C25H25FN6O.2ClH/c1-30(2,3)40-29(39)36-19-13-11-18(12-14-19)27(38)34-20-7-6-8-21(15-20)35-28-33-17-24(31)26(37-28)23-16-32-25-10-5-4-9-22(23)25;26-21-14-29-25(32-23(21)20-13-28-22-7-2-1-6-19(20)22)31-18-5-3-4-17(12-18)30-24(33)15-8-10-16(27)11-9-15;;/h4-5,9-14,16-17,20-21,32H,6-8,15H2,1-3H3,(H,34,38)(H,36,39)(H,33,35,37);1-2,6-11,13-14,17-18,28H,3-5,12,27H2,(H,30,33)(H,29,31,32);2*1H/t20-,21+;17-,18+;;/m00../s1. The zero-order valence-corrected chi connectivity index (χ0v) is 43.2. The Hall–Kier alpha value is -7.83. The number of carbonyl (C=O) groups excluding carboxylic acids is 3. The van der Waals surface area contributed by atoms with Crippen molar-refractivity contribution < 1.29 is 27.9 Å². The summed E-state index contributed by atoms with van der Waals surface area (Å²) in [5.41, 5.74) is 11.1. The minimum Gasteiger partial charge on any atom is -0.444 e. The normalized spacial score (nSPS) is 17.2. The van der Waals surface area contributed by atoms with Crippen molar-refractivity contribution in [3.8, 4) is 22.5 Å². The van der Waals surface area contributed by atoms with Gasteiger partial charge in [0.15, 0.2) is 11.6 Å². The first-order valence-corrected chi connectivity index (χ1v) is 24.5. The fourth-order valence-corrected chi connectivity index (χ4v) is 9.35. The molecule has 0 radical (unpaired) electrons. The van der Waals surface area contributed by atoms with Gasteiger partial charge >= 0.3 is 6.09 Å². The number of hydrogen-bond acceptors (Lipinski definition) is 11. The third-order valence-corrected chi connectivity index (χ3v) is 12.8. The van der Waals surface area contributed by atoms with Crippen LogP contribution in [0.4, 0.5) is 36.8 Å². The van der Waals surface area contributed by atoms with Crippen LogP contribution >= 0.6 is 24.8 Å². The van der Waals surface area contributed by atoms with Crippen molar-refractivity contribution in [2.24, 2.45) is 0 Å². The number of fused-ring (bicyclic) bond motifs is 2. The third-order valence-electron chi connectivity index (χ3n) is 12.8. The number of aromatic nitrogens is 6. The summed E-state index contributed by atoms with van der Waals surface area (Å²) in [6.45, 7) is 5.38. The van der Waals surface area contributed by atoms with Gasteiger partial charge < -0.3 is 41.7 Å². The lowest BCUT2D eigenvalue weighted by atomic mass is 9.91. The molecule has 4 aromatic heterocycles. The highest BCUT2D eigenvalue weighted by Gasteiger charge is 2.27. The number of nitrogens with two attached hydrogens (primary N) is 1. The Morgan fingerprint density at radius 1 is 0.613 bits per heavy atom. The number of nitrogens with zero attached hydrogens (tertiary/aromatic N) is 4. The molecule has 2 fully saturated rings. The van der Waals surface area contributed by atoms with Crippen LogP contribution in [0.25, 0.3) is 44.3 Å². The average molecular weight is 1060 g/mol. The van der Waals surface area contributed by atoms with Crippen LogP contribution in [0.3, 0.4) is 0 Å². The first-order valence-electron chi connectivity index (χ1n) is 24.5. The van der Waals surface area contributed by atoms with Crippen LogP contribution in [0.5, 0.6) is 0 Å². The number of hydrogen-bond donors (Lipinski definition) is 8. The molecule has 75 heavy (non-hydrogen) atoms. The second-order valence-electron chi connectivity index (χ2n) is 19.5. The highest BCUT2D eigenvalue weighted by molar-refractivity contribution is 5.97. The molecule has 2 aliphatic rings. The third kappa shape index (κ3) is 14.1. The number of nitrogens with one attached hydrogen (secondary N) is 7. The minimum atomic E-state index is -0.598. The summed E-state index contributed by atoms with van der Waals surface area (Å²) in [5, 5.41) is 17.4. The second-order valence-corrected chi connectivity index (χ2v) is 19.5. The first kappa shape index (κ1) is 54.9. The van der Waals surface area contributed by atoms with E-state index in [0.29, 0.717) is 51.9 Å². The van der Waals surface area contributed by atoms with Gasteiger partial charge in [-0.05, 0) is 133 Å². The maximum Gasteiger partial charge on any atom is 0.412 e. The first-order chi connectivity index (χ1) is 35.2. The predicted octanol–water partition coefficient (Wildman–Crippen LogP) is 11.6. The van der Waals surface area contributed by atoms with E-state index < -0.39 is 23.3 Å². The topological polar surface area (TPSA) is 230 Å². The summed E-state index contributed by atoms with van der Waals surface area (Å²) in [5.74, 6) is -0.521. The van der Waals surface area contributed by atoms with Crippen molar-refractivity contribution in [2.75, 3.05) is 21.7 Å².